The normalized spacial score (nSPS) is 12.0. The number of amides is 1. The minimum absolute atomic E-state index is 0.0821. The van der Waals surface area contributed by atoms with Gasteiger partial charge in [-0.25, -0.2) is 4.98 Å². The van der Waals surface area contributed by atoms with Crippen molar-refractivity contribution in [3.05, 3.63) is 71.6 Å². The summed E-state index contributed by atoms with van der Waals surface area (Å²) in [5.41, 5.74) is 2.62. The van der Waals surface area contributed by atoms with Crippen molar-refractivity contribution in [1.29, 1.82) is 0 Å². The second-order valence-electron chi connectivity index (χ2n) is 7.12. The van der Waals surface area contributed by atoms with Crippen molar-refractivity contribution in [3.8, 4) is 17.2 Å². The van der Waals surface area contributed by atoms with Crippen molar-refractivity contribution in [2.45, 2.75) is 19.4 Å². The number of carbonyl (C=O) groups is 1. The highest BCUT2D eigenvalue weighted by atomic mass is 16.5. The molecule has 0 spiro atoms. The van der Waals surface area contributed by atoms with Gasteiger partial charge in [0.05, 0.1) is 25.3 Å². The number of benzene rings is 2. The van der Waals surface area contributed by atoms with Crippen LogP contribution in [0.4, 0.5) is 0 Å². The van der Waals surface area contributed by atoms with Crippen LogP contribution in [0.25, 0.3) is 11.5 Å². The van der Waals surface area contributed by atoms with Crippen LogP contribution in [0.5, 0.6) is 5.75 Å². The number of nitrogens with zero attached hydrogens (tertiary/aromatic N) is 2. The molecule has 0 aliphatic heterocycles. The minimum Gasteiger partial charge on any atom is -0.497 e. The van der Waals surface area contributed by atoms with Gasteiger partial charge in [0, 0.05) is 12.1 Å². The third-order valence-electron chi connectivity index (χ3n) is 4.84. The summed E-state index contributed by atoms with van der Waals surface area (Å²) in [5.74, 6) is 1.78. The molecule has 0 aliphatic carbocycles. The van der Waals surface area contributed by atoms with Gasteiger partial charge in [0.2, 0.25) is 11.8 Å². The number of aromatic nitrogens is 1. The molecular formula is C23H27N3O3. The maximum Gasteiger partial charge on any atom is 0.226 e. The highest BCUT2D eigenvalue weighted by molar-refractivity contribution is 5.78. The van der Waals surface area contributed by atoms with Gasteiger partial charge in [-0.1, -0.05) is 36.4 Å². The topological polar surface area (TPSA) is 67.6 Å². The lowest BCUT2D eigenvalue weighted by Gasteiger charge is -2.25. The molecule has 0 radical (unpaired) electrons. The molecule has 1 amide bonds. The van der Waals surface area contributed by atoms with Crippen LogP contribution in [0.1, 0.15) is 23.1 Å². The summed E-state index contributed by atoms with van der Waals surface area (Å²) in [6, 6.07) is 17.7. The second kappa shape index (κ2) is 9.39. The number of hydrogen-bond donors (Lipinski definition) is 1. The molecule has 2 aromatic carbocycles. The minimum atomic E-state index is -0.0821. The van der Waals surface area contributed by atoms with E-state index in [-0.39, 0.29) is 18.4 Å². The highest BCUT2D eigenvalue weighted by Crippen LogP contribution is 2.25. The van der Waals surface area contributed by atoms with Crippen LogP contribution in [-0.4, -0.2) is 43.5 Å². The lowest BCUT2D eigenvalue weighted by molar-refractivity contribution is -0.120. The van der Waals surface area contributed by atoms with Crippen molar-refractivity contribution < 1.29 is 13.9 Å². The molecule has 0 saturated heterocycles. The predicted molar refractivity (Wildman–Crippen MR) is 113 cm³/mol. The van der Waals surface area contributed by atoms with E-state index in [9.17, 15) is 4.79 Å². The predicted octanol–water partition coefficient (Wildman–Crippen LogP) is 3.62. The third-order valence-corrected chi connectivity index (χ3v) is 4.84. The molecule has 6 heteroatoms. The Labute approximate surface area is 171 Å². The first-order valence-electron chi connectivity index (χ1n) is 9.56. The van der Waals surface area contributed by atoms with Crippen molar-refractivity contribution in [3.63, 3.8) is 0 Å². The van der Waals surface area contributed by atoms with Gasteiger partial charge >= 0.3 is 0 Å². The van der Waals surface area contributed by atoms with Crippen molar-refractivity contribution >= 4 is 5.91 Å². The Morgan fingerprint density at radius 1 is 1.17 bits per heavy atom. The van der Waals surface area contributed by atoms with E-state index in [0.717, 1.165) is 16.9 Å². The first kappa shape index (κ1) is 20.6. The van der Waals surface area contributed by atoms with Crippen LogP contribution in [-0.2, 0) is 11.2 Å². The average Bonchev–Trinajstić information content (AvgIpc) is 3.09. The molecule has 1 atom stereocenters. The molecule has 29 heavy (non-hydrogen) atoms. The molecule has 3 aromatic rings. The standard InChI is InChI=1S/C23H27N3O3/c1-16-20(25-23(29-16)18-11-8-12-19(13-18)28-4)14-22(27)24-15-21(26(2)3)17-9-6-5-7-10-17/h5-13,21H,14-15H2,1-4H3,(H,24,27). The lowest BCUT2D eigenvalue weighted by atomic mass is 10.1. The van der Waals surface area contributed by atoms with E-state index in [2.05, 4.69) is 27.3 Å². The van der Waals surface area contributed by atoms with Crippen LogP contribution in [0.15, 0.2) is 59.0 Å². The zero-order chi connectivity index (χ0) is 20.8. The monoisotopic (exact) mass is 393 g/mol. The van der Waals surface area contributed by atoms with E-state index < -0.39 is 0 Å². The molecule has 0 aliphatic rings. The zero-order valence-electron chi connectivity index (χ0n) is 17.3. The fourth-order valence-corrected chi connectivity index (χ4v) is 3.17. The number of likely N-dealkylation sites (N-methyl/N-ethyl adjacent to an activating group) is 1. The summed E-state index contributed by atoms with van der Waals surface area (Å²) in [5, 5.41) is 3.02. The van der Waals surface area contributed by atoms with Crippen molar-refractivity contribution in [2.24, 2.45) is 0 Å². The number of oxazole rings is 1. The van der Waals surface area contributed by atoms with E-state index >= 15 is 0 Å². The maximum atomic E-state index is 12.5. The summed E-state index contributed by atoms with van der Waals surface area (Å²) in [7, 11) is 5.63. The number of rotatable bonds is 8. The Morgan fingerprint density at radius 2 is 1.93 bits per heavy atom. The Kier molecular flexibility index (Phi) is 6.67. The Balaban J connectivity index is 1.65. The van der Waals surface area contributed by atoms with Crippen LogP contribution in [0.3, 0.4) is 0 Å². The fourth-order valence-electron chi connectivity index (χ4n) is 3.17. The van der Waals surface area contributed by atoms with Gasteiger partial charge in [-0.15, -0.1) is 0 Å². The molecule has 0 fully saturated rings. The Hall–Kier alpha value is -3.12. The van der Waals surface area contributed by atoms with Gasteiger partial charge < -0.3 is 19.4 Å². The second-order valence-corrected chi connectivity index (χ2v) is 7.12. The molecule has 3 rings (SSSR count). The lowest BCUT2D eigenvalue weighted by Crippen LogP contribution is -2.35. The smallest absolute Gasteiger partial charge is 0.226 e. The number of carbonyl (C=O) groups excluding carboxylic acids is 1. The van der Waals surface area contributed by atoms with Crippen molar-refractivity contribution in [2.75, 3.05) is 27.7 Å². The Morgan fingerprint density at radius 3 is 2.62 bits per heavy atom. The number of ether oxygens (including phenoxy) is 1. The van der Waals surface area contributed by atoms with E-state index in [4.69, 9.17) is 9.15 Å². The first-order valence-corrected chi connectivity index (χ1v) is 9.56. The van der Waals surface area contributed by atoms with Gasteiger partial charge in [-0.05, 0) is 44.8 Å². The zero-order valence-corrected chi connectivity index (χ0v) is 17.3. The SMILES string of the molecule is COc1cccc(-c2nc(CC(=O)NCC(c3ccccc3)N(C)C)c(C)o2)c1. The molecule has 1 heterocycles. The number of aryl methyl sites for hydroxylation is 1. The average molecular weight is 393 g/mol. The molecular weight excluding hydrogens is 366 g/mol. The highest BCUT2D eigenvalue weighted by Gasteiger charge is 2.18. The van der Waals surface area contributed by atoms with E-state index in [0.29, 0.717) is 23.9 Å². The van der Waals surface area contributed by atoms with Crippen LogP contribution >= 0.6 is 0 Å². The maximum absolute atomic E-state index is 12.5. The van der Waals surface area contributed by atoms with Gasteiger partial charge in [0.25, 0.3) is 0 Å². The van der Waals surface area contributed by atoms with Gasteiger partial charge in [-0.2, -0.15) is 0 Å². The molecule has 0 saturated carbocycles. The largest absolute Gasteiger partial charge is 0.497 e. The summed E-state index contributed by atoms with van der Waals surface area (Å²) in [4.78, 5) is 19.2. The first-order chi connectivity index (χ1) is 14.0. The summed E-state index contributed by atoms with van der Waals surface area (Å²) in [6.07, 6.45) is 0.175. The molecule has 1 unspecified atom stereocenters. The van der Waals surface area contributed by atoms with E-state index in [1.807, 2.05) is 63.5 Å². The summed E-state index contributed by atoms with van der Waals surface area (Å²) in [6.45, 7) is 2.35. The number of methoxy groups -OCH3 is 1. The number of nitrogens with one attached hydrogen (secondary N) is 1. The van der Waals surface area contributed by atoms with Crippen LogP contribution in [0.2, 0.25) is 0 Å². The van der Waals surface area contributed by atoms with Gasteiger partial charge in [0.15, 0.2) is 0 Å². The molecule has 6 nitrogen and oxygen atoms in total. The van der Waals surface area contributed by atoms with Crippen LogP contribution in [0, 0.1) is 6.92 Å². The molecule has 1 N–H and O–H groups in total. The molecule has 152 valence electrons. The van der Waals surface area contributed by atoms with Gasteiger partial charge in [0.1, 0.15) is 11.5 Å². The van der Waals surface area contributed by atoms with E-state index in [1.165, 1.54) is 0 Å². The number of hydrogen-bond acceptors (Lipinski definition) is 5. The fraction of sp³-hybridized carbons (Fsp3) is 0.304. The third kappa shape index (κ3) is 5.23. The van der Waals surface area contributed by atoms with E-state index in [1.54, 1.807) is 7.11 Å². The quantitative estimate of drug-likeness (QED) is 0.633. The van der Waals surface area contributed by atoms with Gasteiger partial charge in [-0.3, -0.25) is 4.79 Å². The summed E-state index contributed by atoms with van der Waals surface area (Å²) < 4.78 is 11.0. The molecule has 1 aromatic heterocycles. The van der Waals surface area contributed by atoms with Crippen LogP contribution < -0.4 is 10.1 Å². The summed E-state index contributed by atoms with van der Waals surface area (Å²) >= 11 is 0. The Bertz CT molecular complexity index is 951. The van der Waals surface area contributed by atoms with Crippen molar-refractivity contribution in [1.82, 2.24) is 15.2 Å². The molecule has 0 bridgehead atoms.